The molecule has 1 aromatic rings. The molecule has 0 aliphatic carbocycles. The van der Waals surface area contributed by atoms with E-state index in [-0.39, 0.29) is 5.56 Å². The first-order chi connectivity index (χ1) is 7.04. The average molecular weight is 209 g/mol. The maximum Gasteiger partial charge on any atom is 0.339 e. The van der Waals surface area contributed by atoms with Crippen molar-refractivity contribution in [3.05, 3.63) is 29.3 Å². The molecule has 82 valence electrons. The normalized spacial score (nSPS) is 10.4. The van der Waals surface area contributed by atoms with Crippen LogP contribution in [0.3, 0.4) is 0 Å². The van der Waals surface area contributed by atoms with E-state index in [1.165, 1.54) is 7.11 Å². The predicted octanol–water partition coefficient (Wildman–Crippen LogP) is 1.46. The highest BCUT2D eigenvalue weighted by Gasteiger charge is 2.11. The fraction of sp³-hybridized carbons (Fsp3) is 0.364. The highest BCUT2D eigenvalue weighted by molar-refractivity contribution is 5.91. The van der Waals surface area contributed by atoms with Crippen LogP contribution in [-0.4, -0.2) is 37.2 Å². The first kappa shape index (κ1) is 11.5. The summed E-state index contributed by atoms with van der Waals surface area (Å²) in [5.41, 5.74) is 1.16. The monoisotopic (exact) mass is 209 g/mol. The van der Waals surface area contributed by atoms with Crippen LogP contribution in [0.4, 0.5) is 0 Å². The number of carbonyl (C=O) groups is 1. The van der Waals surface area contributed by atoms with Crippen molar-refractivity contribution in [2.75, 3.05) is 21.2 Å². The summed E-state index contributed by atoms with van der Waals surface area (Å²) in [4.78, 5) is 12.9. The number of benzene rings is 1. The smallest absolute Gasteiger partial charge is 0.339 e. The third kappa shape index (κ3) is 2.95. The molecule has 0 saturated carbocycles. The predicted molar refractivity (Wildman–Crippen MR) is 57.3 cm³/mol. The summed E-state index contributed by atoms with van der Waals surface area (Å²) in [5, 5.41) is 8.96. The van der Waals surface area contributed by atoms with Crippen molar-refractivity contribution in [3.63, 3.8) is 0 Å². The van der Waals surface area contributed by atoms with Crippen LogP contribution in [0.15, 0.2) is 18.2 Å². The van der Waals surface area contributed by atoms with Crippen LogP contribution in [0.2, 0.25) is 0 Å². The van der Waals surface area contributed by atoms with E-state index in [0.29, 0.717) is 12.3 Å². The molecular weight excluding hydrogens is 194 g/mol. The Labute approximate surface area is 89.1 Å². The Morgan fingerprint density at radius 1 is 1.47 bits per heavy atom. The molecule has 15 heavy (non-hydrogen) atoms. The summed E-state index contributed by atoms with van der Waals surface area (Å²) in [7, 11) is 5.34. The van der Waals surface area contributed by atoms with Gasteiger partial charge in [-0.1, -0.05) is 6.07 Å². The Bertz CT molecular complexity index is 361. The number of hydrogen-bond donors (Lipinski definition) is 1. The quantitative estimate of drug-likeness (QED) is 0.815. The standard InChI is InChI=1S/C11H15NO3/c1-12(2)7-8-4-5-10(15-3)9(6-8)11(13)14/h4-6H,7H2,1-3H3,(H,13,14). The van der Waals surface area contributed by atoms with Crippen molar-refractivity contribution in [1.82, 2.24) is 4.90 Å². The van der Waals surface area contributed by atoms with E-state index >= 15 is 0 Å². The third-order valence-corrected chi connectivity index (χ3v) is 1.99. The first-order valence-corrected chi connectivity index (χ1v) is 4.59. The molecule has 0 fully saturated rings. The fourth-order valence-electron chi connectivity index (χ4n) is 1.39. The summed E-state index contributed by atoms with van der Waals surface area (Å²) < 4.78 is 4.97. The van der Waals surface area contributed by atoms with Crippen LogP contribution in [0.5, 0.6) is 5.75 Å². The van der Waals surface area contributed by atoms with Crippen molar-refractivity contribution < 1.29 is 14.6 Å². The number of aromatic carboxylic acids is 1. The SMILES string of the molecule is COc1ccc(CN(C)C)cc1C(=O)O. The molecule has 0 radical (unpaired) electrons. The minimum atomic E-state index is -0.965. The molecular formula is C11H15NO3. The Kier molecular flexibility index (Phi) is 3.68. The van der Waals surface area contributed by atoms with E-state index in [9.17, 15) is 4.79 Å². The van der Waals surface area contributed by atoms with E-state index in [1.54, 1.807) is 12.1 Å². The lowest BCUT2D eigenvalue weighted by molar-refractivity contribution is 0.0693. The lowest BCUT2D eigenvalue weighted by Gasteiger charge is -2.11. The number of carboxylic acid groups (broad SMARTS) is 1. The Balaban J connectivity index is 3.05. The lowest BCUT2D eigenvalue weighted by atomic mass is 10.1. The van der Waals surface area contributed by atoms with Gasteiger partial charge >= 0.3 is 5.97 Å². The lowest BCUT2D eigenvalue weighted by Crippen LogP contribution is -2.11. The van der Waals surface area contributed by atoms with Gasteiger partial charge < -0.3 is 14.7 Å². The number of carboxylic acids is 1. The molecule has 0 bridgehead atoms. The van der Waals surface area contributed by atoms with Gasteiger partial charge in [-0.3, -0.25) is 0 Å². The zero-order valence-electron chi connectivity index (χ0n) is 9.15. The molecule has 4 heteroatoms. The van der Waals surface area contributed by atoms with E-state index in [0.717, 1.165) is 5.56 Å². The summed E-state index contributed by atoms with van der Waals surface area (Å²) in [5.74, 6) is -0.572. The zero-order chi connectivity index (χ0) is 11.4. The van der Waals surface area contributed by atoms with Crippen LogP contribution < -0.4 is 4.74 Å². The number of rotatable bonds is 4. The minimum absolute atomic E-state index is 0.205. The van der Waals surface area contributed by atoms with E-state index in [4.69, 9.17) is 9.84 Å². The second kappa shape index (κ2) is 4.79. The topological polar surface area (TPSA) is 49.8 Å². The van der Waals surface area contributed by atoms with Gasteiger partial charge in [0.2, 0.25) is 0 Å². The van der Waals surface area contributed by atoms with E-state index in [2.05, 4.69) is 0 Å². The molecule has 0 spiro atoms. The molecule has 4 nitrogen and oxygen atoms in total. The second-order valence-corrected chi connectivity index (χ2v) is 3.58. The molecule has 0 aliphatic rings. The Morgan fingerprint density at radius 3 is 2.60 bits per heavy atom. The van der Waals surface area contributed by atoms with Crippen LogP contribution in [-0.2, 0) is 6.54 Å². The van der Waals surface area contributed by atoms with Gasteiger partial charge in [0.1, 0.15) is 11.3 Å². The maximum absolute atomic E-state index is 10.9. The molecule has 0 amide bonds. The third-order valence-electron chi connectivity index (χ3n) is 1.99. The molecule has 0 heterocycles. The molecule has 1 aromatic carbocycles. The van der Waals surface area contributed by atoms with Crippen LogP contribution in [0.25, 0.3) is 0 Å². The van der Waals surface area contributed by atoms with Gasteiger partial charge in [0, 0.05) is 6.54 Å². The Hall–Kier alpha value is -1.55. The van der Waals surface area contributed by atoms with Crippen LogP contribution >= 0.6 is 0 Å². The molecule has 0 atom stereocenters. The van der Waals surface area contributed by atoms with Gasteiger partial charge in [-0.15, -0.1) is 0 Å². The fourth-order valence-corrected chi connectivity index (χ4v) is 1.39. The highest BCUT2D eigenvalue weighted by atomic mass is 16.5. The van der Waals surface area contributed by atoms with Gasteiger partial charge in [-0.2, -0.15) is 0 Å². The molecule has 1 N–H and O–H groups in total. The van der Waals surface area contributed by atoms with Crippen molar-refractivity contribution in [1.29, 1.82) is 0 Å². The highest BCUT2D eigenvalue weighted by Crippen LogP contribution is 2.20. The average Bonchev–Trinajstić information content (AvgIpc) is 2.16. The summed E-state index contributed by atoms with van der Waals surface area (Å²) >= 11 is 0. The van der Waals surface area contributed by atoms with Crippen molar-refractivity contribution in [2.24, 2.45) is 0 Å². The van der Waals surface area contributed by atoms with Gasteiger partial charge in [-0.05, 0) is 31.8 Å². The van der Waals surface area contributed by atoms with Crippen molar-refractivity contribution >= 4 is 5.97 Å². The van der Waals surface area contributed by atoms with Gasteiger partial charge in [0.05, 0.1) is 7.11 Å². The molecule has 0 aromatic heterocycles. The molecule has 0 aliphatic heterocycles. The van der Waals surface area contributed by atoms with Gasteiger partial charge in [0.25, 0.3) is 0 Å². The summed E-state index contributed by atoms with van der Waals surface area (Å²) in [6.07, 6.45) is 0. The molecule has 1 rings (SSSR count). The second-order valence-electron chi connectivity index (χ2n) is 3.58. The molecule has 0 unspecified atom stereocenters. The molecule has 0 saturated heterocycles. The maximum atomic E-state index is 10.9. The summed E-state index contributed by atoms with van der Waals surface area (Å²) in [6.45, 7) is 0.713. The van der Waals surface area contributed by atoms with Crippen LogP contribution in [0.1, 0.15) is 15.9 Å². The minimum Gasteiger partial charge on any atom is -0.496 e. The van der Waals surface area contributed by atoms with Crippen LogP contribution in [0, 0.1) is 0 Å². The summed E-state index contributed by atoms with van der Waals surface area (Å²) in [6, 6.07) is 5.19. The number of ether oxygens (including phenoxy) is 1. The number of hydrogen-bond acceptors (Lipinski definition) is 3. The first-order valence-electron chi connectivity index (χ1n) is 4.59. The number of methoxy groups -OCH3 is 1. The Morgan fingerprint density at radius 2 is 2.13 bits per heavy atom. The van der Waals surface area contributed by atoms with Crippen molar-refractivity contribution in [2.45, 2.75) is 6.54 Å². The van der Waals surface area contributed by atoms with E-state index in [1.807, 2.05) is 25.1 Å². The van der Waals surface area contributed by atoms with E-state index < -0.39 is 5.97 Å². The largest absolute Gasteiger partial charge is 0.496 e. The van der Waals surface area contributed by atoms with Gasteiger partial charge in [0.15, 0.2) is 0 Å². The number of nitrogens with zero attached hydrogens (tertiary/aromatic N) is 1. The van der Waals surface area contributed by atoms with Crippen molar-refractivity contribution in [3.8, 4) is 5.75 Å². The zero-order valence-corrected chi connectivity index (χ0v) is 9.15. The van der Waals surface area contributed by atoms with Gasteiger partial charge in [-0.25, -0.2) is 4.79 Å².